The van der Waals surface area contributed by atoms with E-state index in [1.165, 1.54) is 5.71 Å². The Labute approximate surface area is 86.3 Å². The molecule has 1 aliphatic rings. The molecule has 0 aliphatic carbocycles. The molecule has 0 amide bonds. The van der Waals surface area contributed by atoms with Gasteiger partial charge in [0, 0.05) is 0 Å². The normalized spacial score (nSPS) is 24.2. The molecule has 1 N–H and O–H groups in total. The van der Waals surface area contributed by atoms with Crippen molar-refractivity contribution in [1.29, 1.82) is 0 Å². The second-order valence-electron chi connectivity index (χ2n) is 3.81. The van der Waals surface area contributed by atoms with Gasteiger partial charge in [0.1, 0.15) is 0 Å². The molecule has 12 heavy (non-hydrogen) atoms. The van der Waals surface area contributed by atoms with E-state index in [4.69, 9.17) is 0 Å². The van der Waals surface area contributed by atoms with E-state index in [2.05, 4.69) is 58.6 Å². The number of aliphatic imine (C=N–C) groups is 1. The molecule has 0 aromatic rings. The van der Waals surface area contributed by atoms with Crippen molar-refractivity contribution in [3.63, 3.8) is 0 Å². The molecule has 0 aromatic heterocycles. The van der Waals surface area contributed by atoms with Crippen LogP contribution in [0, 0.1) is 11.8 Å². The molecule has 73 valence electrons. The second kappa shape index (κ2) is 3.97. The molecule has 1 atom stereocenters. The molecule has 1 aliphatic heterocycles. The van der Waals surface area contributed by atoms with Gasteiger partial charge in [-0.15, -0.1) is 0 Å². The van der Waals surface area contributed by atoms with E-state index in [9.17, 15) is 0 Å². The summed E-state index contributed by atoms with van der Waals surface area (Å²) in [5, 5.41) is 3.37. The maximum absolute atomic E-state index is 4.49. The SMILES string of the molecule is CC(C)C1=N[C](=[Au])NC1C(C)C. The van der Waals surface area contributed by atoms with Crippen molar-refractivity contribution in [2.24, 2.45) is 16.8 Å². The van der Waals surface area contributed by atoms with Crippen LogP contribution in [-0.4, -0.2) is 15.7 Å². The van der Waals surface area contributed by atoms with Gasteiger partial charge >= 0.3 is 86.2 Å². The van der Waals surface area contributed by atoms with E-state index in [1.54, 1.807) is 0 Å². The quantitative estimate of drug-likeness (QED) is 0.748. The Kier molecular flexibility index (Phi) is 3.41. The van der Waals surface area contributed by atoms with E-state index in [0.717, 1.165) is 3.97 Å². The first-order valence-electron chi connectivity index (χ1n) is 4.36. The molecule has 3 heteroatoms. The zero-order chi connectivity index (χ0) is 9.30. The Morgan fingerprint density at radius 2 is 1.92 bits per heavy atom. The van der Waals surface area contributed by atoms with Gasteiger partial charge in [-0.3, -0.25) is 0 Å². The third-order valence-corrected chi connectivity index (χ3v) is 2.61. The number of nitrogens with one attached hydrogen (secondary N) is 1. The summed E-state index contributed by atoms with van der Waals surface area (Å²) < 4.78 is 1.01. The van der Waals surface area contributed by atoms with Crippen molar-refractivity contribution in [1.82, 2.24) is 5.32 Å². The fourth-order valence-corrected chi connectivity index (χ4v) is 2.01. The Hall–Kier alpha value is 0.240. The topological polar surface area (TPSA) is 24.4 Å². The third-order valence-electron chi connectivity index (χ3n) is 2.06. The number of rotatable bonds is 2. The molecule has 0 saturated heterocycles. The Morgan fingerprint density at radius 3 is 2.25 bits per heavy atom. The summed E-state index contributed by atoms with van der Waals surface area (Å²) in [6, 6.07) is 0.449. The van der Waals surface area contributed by atoms with Gasteiger partial charge in [-0.25, -0.2) is 0 Å². The van der Waals surface area contributed by atoms with E-state index in [-0.39, 0.29) is 0 Å². The van der Waals surface area contributed by atoms with Crippen LogP contribution in [0.5, 0.6) is 0 Å². The van der Waals surface area contributed by atoms with E-state index < -0.39 is 0 Å². The molecule has 0 fully saturated rings. The minimum atomic E-state index is 0.449. The monoisotopic (exact) mass is 349 g/mol. The molecule has 1 unspecified atom stereocenters. The van der Waals surface area contributed by atoms with Crippen molar-refractivity contribution in [2.45, 2.75) is 33.7 Å². The Bertz CT molecular complexity index is 219. The first-order chi connectivity index (χ1) is 5.52. The van der Waals surface area contributed by atoms with Crippen LogP contribution in [0.4, 0.5) is 0 Å². The van der Waals surface area contributed by atoms with Crippen LogP contribution < -0.4 is 5.32 Å². The minimum absolute atomic E-state index is 0.449. The number of hydrogen-bond acceptors (Lipinski definition) is 2. The summed E-state index contributed by atoms with van der Waals surface area (Å²) in [6.07, 6.45) is 0. The van der Waals surface area contributed by atoms with Crippen molar-refractivity contribution in [3.8, 4) is 0 Å². The first-order valence-corrected chi connectivity index (χ1v) is 5.44. The fraction of sp³-hybridized carbons (Fsp3) is 0.778. The van der Waals surface area contributed by atoms with Gasteiger partial charge in [0.15, 0.2) is 0 Å². The van der Waals surface area contributed by atoms with Crippen LogP contribution >= 0.6 is 0 Å². The van der Waals surface area contributed by atoms with Crippen LogP contribution in [0.2, 0.25) is 0 Å². The molecule has 1 rings (SSSR count). The Balaban J connectivity index is 2.80. The third kappa shape index (κ3) is 2.13. The van der Waals surface area contributed by atoms with Gasteiger partial charge in [0.25, 0.3) is 0 Å². The molecule has 0 spiro atoms. The molecular formula is C9H16AuN2. The number of hydrogen-bond donors (Lipinski definition) is 1. The predicted molar refractivity (Wildman–Crippen MR) is 49.0 cm³/mol. The van der Waals surface area contributed by atoms with Crippen LogP contribution in [-0.2, 0) is 20.6 Å². The summed E-state index contributed by atoms with van der Waals surface area (Å²) in [4.78, 5) is 4.49. The standard InChI is InChI=1S/C9H16N2.Au/c1-6(2)8-9(7(3)4)11-5-10-8;/h6-8,10H,1-4H3;. The summed E-state index contributed by atoms with van der Waals surface area (Å²) in [5.41, 5.74) is 1.29. The first kappa shape index (κ1) is 10.3. The molecule has 1 heterocycles. The van der Waals surface area contributed by atoms with Crippen LogP contribution in [0.15, 0.2) is 4.99 Å². The Morgan fingerprint density at radius 1 is 1.33 bits per heavy atom. The second-order valence-corrected chi connectivity index (χ2v) is 4.84. The van der Waals surface area contributed by atoms with Crippen molar-refractivity contribution in [3.05, 3.63) is 0 Å². The van der Waals surface area contributed by atoms with Gasteiger partial charge in [0.2, 0.25) is 0 Å². The van der Waals surface area contributed by atoms with Gasteiger partial charge < -0.3 is 0 Å². The molecule has 0 bridgehead atoms. The molecule has 0 saturated carbocycles. The van der Waals surface area contributed by atoms with Crippen LogP contribution in [0.25, 0.3) is 0 Å². The summed E-state index contributed by atoms with van der Waals surface area (Å²) >= 11 is 2.43. The van der Waals surface area contributed by atoms with Crippen LogP contribution in [0.3, 0.4) is 0 Å². The van der Waals surface area contributed by atoms with Gasteiger partial charge in [-0.2, -0.15) is 0 Å². The molecule has 0 aromatic carbocycles. The zero-order valence-electron chi connectivity index (χ0n) is 7.98. The maximum atomic E-state index is 4.49. The van der Waals surface area contributed by atoms with Crippen molar-refractivity contribution in [2.75, 3.05) is 0 Å². The average Bonchev–Trinajstić information content (AvgIpc) is 2.31. The van der Waals surface area contributed by atoms with Crippen molar-refractivity contribution >= 4 is 9.68 Å². The molecule has 2 nitrogen and oxygen atoms in total. The zero-order valence-corrected chi connectivity index (χ0v) is 10.1. The number of nitrogens with zero attached hydrogens (tertiary/aromatic N) is 1. The van der Waals surface area contributed by atoms with Crippen LogP contribution in [0.1, 0.15) is 27.7 Å². The summed E-state index contributed by atoms with van der Waals surface area (Å²) in [5.74, 6) is 1.17. The molecule has 0 radical (unpaired) electrons. The van der Waals surface area contributed by atoms with Crippen molar-refractivity contribution < 1.29 is 20.6 Å². The summed E-state index contributed by atoms with van der Waals surface area (Å²) in [7, 11) is 0. The van der Waals surface area contributed by atoms with Gasteiger partial charge in [-0.05, 0) is 0 Å². The van der Waals surface area contributed by atoms with E-state index in [1.807, 2.05) is 0 Å². The fourth-order valence-electron chi connectivity index (χ4n) is 1.39. The van der Waals surface area contributed by atoms with E-state index in [0.29, 0.717) is 17.9 Å². The van der Waals surface area contributed by atoms with Gasteiger partial charge in [-0.1, -0.05) is 0 Å². The van der Waals surface area contributed by atoms with E-state index >= 15 is 0 Å². The average molecular weight is 349 g/mol. The summed E-state index contributed by atoms with van der Waals surface area (Å²) in [6.45, 7) is 8.84. The predicted octanol–water partition coefficient (Wildman–Crippen LogP) is 1.35. The molecular weight excluding hydrogens is 333 g/mol. The van der Waals surface area contributed by atoms with Gasteiger partial charge in [0.05, 0.1) is 0 Å².